The Hall–Kier alpha value is -2.28. The summed E-state index contributed by atoms with van der Waals surface area (Å²) in [6.07, 6.45) is 1.41. The van der Waals surface area contributed by atoms with Crippen LogP contribution in [0.3, 0.4) is 0 Å². The van der Waals surface area contributed by atoms with Crippen LogP contribution in [0.5, 0.6) is 11.6 Å². The monoisotopic (exact) mass is 322 g/mol. The van der Waals surface area contributed by atoms with Crippen molar-refractivity contribution in [1.82, 2.24) is 4.98 Å². The second kappa shape index (κ2) is 6.23. The average molecular weight is 322 g/mol. The maximum absolute atomic E-state index is 12.6. The standard InChI is InChI=1S/C15H18N2O4S/c1-10-7-13(20-3)8-11(2)15(10)22(18,19)17-12-5-6-14(21-4)16-9-12/h5-9,17H,1-4H3. The van der Waals surface area contributed by atoms with Gasteiger partial charge < -0.3 is 9.47 Å². The van der Waals surface area contributed by atoms with Gasteiger partial charge in [-0.25, -0.2) is 13.4 Å². The van der Waals surface area contributed by atoms with Gasteiger partial charge in [0.2, 0.25) is 5.88 Å². The van der Waals surface area contributed by atoms with E-state index in [0.29, 0.717) is 28.4 Å². The first kappa shape index (κ1) is 16.1. The summed E-state index contributed by atoms with van der Waals surface area (Å²) in [6, 6.07) is 6.56. The van der Waals surface area contributed by atoms with Crippen LogP contribution in [0.2, 0.25) is 0 Å². The van der Waals surface area contributed by atoms with Crippen molar-refractivity contribution in [2.24, 2.45) is 0 Å². The van der Waals surface area contributed by atoms with Crippen molar-refractivity contribution in [3.63, 3.8) is 0 Å². The number of hydrogen-bond acceptors (Lipinski definition) is 5. The quantitative estimate of drug-likeness (QED) is 0.915. The summed E-state index contributed by atoms with van der Waals surface area (Å²) < 4.78 is 37.8. The summed E-state index contributed by atoms with van der Waals surface area (Å²) in [5.74, 6) is 1.04. The van der Waals surface area contributed by atoms with Crippen molar-refractivity contribution in [1.29, 1.82) is 0 Å². The minimum atomic E-state index is -3.71. The molecule has 1 N–H and O–H groups in total. The Kier molecular flexibility index (Phi) is 4.56. The van der Waals surface area contributed by atoms with E-state index in [1.54, 1.807) is 45.2 Å². The molecule has 1 aromatic carbocycles. The van der Waals surface area contributed by atoms with Gasteiger partial charge in [-0.15, -0.1) is 0 Å². The zero-order valence-corrected chi connectivity index (χ0v) is 13.7. The summed E-state index contributed by atoms with van der Waals surface area (Å²) in [5.41, 5.74) is 1.60. The first-order valence-electron chi connectivity index (χ1n) is 6.55. The van der Waals surface area contributed by atoms with Crippen molar-refractivity contribution in [2.45, 2.75) is 18.7 Å². The molecule has 118 valence electrons. The fourth-order valence-electron chi connectivity index (χ4n) is 2.22. The number of hydrogen-bond donors (Lipinski definition) is 1. The van der Waals surface area contributed by atoms with Crippen LogP contribution in [0.4, 0.5) is 5.69 Å². The second-order valence-electron chi connectivity index (χ2n) is 4.79. The van der Waals surface area contributed by atoms with E-state index in [2.05, 4.69) is 9.71 Å². The smallest absolute Gasteiger partial charge is 0.262 e. The number of ether oxygens (including phenoxy) is 2. The number of rotatable bonds is 5. The Morgan fingerprint density at radius 1 is 1.05 bits per heavy atom. The second-order valence-corrected chi connectivity index (χ2v) is 6.40. The molecule has 0 spiro atoms. The van der Waals surface area contributed by atoms with Crippen LogP contribution >= 0.6 is 0 Å². The molecule has 6 nitrogen and oxygen atoms in total. The van der Waals surface area contributed by atoms with E-state index in [9.17, 15) is 8.42 Å². The SMILES string of the molecule is COc1cc(C)c(S(=O)(=O)Nc2ccc(OC)nc2)c(C)c1. The van der Waals surface area contributed by atoms with Gasteiger partial charge in [-0.05, 0) is 43.2 Å². The molecular formula is C15H18N2O4S. The first-order valence-corrected chi connectivity index (χ1v) is 8.04. The first-order chi connectivity index (χ1) is 10.4. The largest absolute Gasteiger partial charge is 0.497 e. The molecule has 0 unspecified atom stereocenters. The Bertz CT molecular complexity index is 748. The maximum Gasteiger partial charge on any atom is 0.262 e. The summed E-state index contributed by atoms with van der Waals surface area (Å²) >= 11 is 0. The Labute approximate surface area is 130 Å². The molecule has 0 bridgehead atoms. The molecule has 0 saturated heterocycles. The number of methoxy groups -OCH3 is 2. The number of aryl methyl sites for hydroxylation is 2. The van der Waals surface area contributed by atoms with Gasteiger partial charge in [0.05, 0.1) is 31.0 Å². The fourth-order valence-corrected chi connectivity index (χ4v) is 3.72. The maximum atomic E-state index is 12.6. The Morgan fingerprint density at radius 3 is 2.14 bits per heavy atom. The summed E-state index contributed by atoms with van der Waals surface area (Å²) in [4.78, 5) is 4.22. The van der Waals surface area contributed by atoms with Gasteiger partial charge in [-0.2, -0.15) is 0 Å². The molecule has 0 amide bonds. The van der Waals surface area contributed by atoms with Crippen molar-refractivity contribution < 1.29 is 17.9 Å². The van der Waals surface area contributed by atoms with E-state index >= 15 is 0 Å². The number of pyridine rings is 1. The van der Waals surface area contributed by atoms with Crippen LogP contribution in [0.15, 0.2) is 35.4 Å². The minimum absolute atomic E-state index is 0.240. The molecule has 7 heteroatoms. The van der Waals surface area contributed by atoms with Crippen LogP contribution < -0.4 is 14.2 Å². The number of aromatic nitrogens is 1. The molecule has 0 fully saturated rings. The molecule has 2 aromatic rings. The predicted octanol–water partition coefficient (Wildman–Crippen LogP) is 2.52. The zero-order chi connectivity index (χ0) is 16.3. The molecule has 0 saturated carbocycles. The third-order valence-corrected chi connectivity index (χ3v) is 4.82. The number of nitrogens with zero attached hydrogens (tertiary/aromatic N) is 1. The molecule has 22 heavy (non-hydrogen) atoms. The van der Waals surface area contributed by atoms with Gasteiger partial charge in [-0.3, -0.25) is 4.72 Å². The normalized spacial score (nSPS) is 11.1. The molecule has 0 radical (unpaired) electrons. The van der Waals surface area contributed by atoms with E-state index in [1.807, 2.05) is 0 Å². The molecule has 1 heterocycles. The van der Waals surface area contributed by atoms with Crippen LogP contribution in [-0.4, -0.2) is 27.6 Å². The van der Waals surface area contributed by atoms with Gasteiger partial charge in [0.1, 0.15) is 5.75 Å². The summed E-state index contributed by atoms with van der Waals surface area (Å²) in [6.45, 7) is 3.46. The van der Waals surface area contributed by atoms with Crippen LogP contribution in [0, 0.1) is 13.8 Å². The highest BCUT2D eigenvalue weighted by molar-refractivity contribution is 7.92. The van der Waals surface area contributed by atoms with Gasteiger partial charge in [-0.1, -0.05) is 0 Å². The molecule has 0 atom stereocenters. The molecular weight excluding hydrogens is 304 g/mol. The lowest BCUT2D eigenvalue weighted by molar-refractivity contribution is 0.398. The van der Waals surface area contributed by atoms with Crippen LogP contribution in [-0.2, 0) is 10.0 Å². The van der Waals surface area contributed by atoms with Crippen LogP contribution in [0.1, 0.15) is 11.1 Å². The van der Waals surface area contributed by atoms with Gasteiger partial charge >= 0.3 is 0 Å². The Morgan fingerprint density at radius 2 is 1.68 bits per heavy atom. The lowest BCUT2D eigenvalue weighted by Gasteiger charge is -2.14. The van der Waals surface area contributed by atoms with E-state index in [4.69, 9.17) is 9.47 Å². The molecule has 0 aliphatic rings. The van der Waals surface area contributed by atoms with Crippen molar-refractivity contribution in [3.8, 4) is 11.6 Å². The topological polar surface area (TPSA) is 77.5 Å². The molecule has 1 aromatic heterocycles. The van der Waals surface area contributed by atoms with Crippen molar-refractivity contribution in [2.75, 3.05) is 18.9 Å². The highest BCUT2D eigenvalue weighted by atomic mass is 32.2. The predicted molar refractivity (Wildman–Crippen MR) is 84.1 cm³/mol. The van der Waals surface area contributed by atoms with E-state index in [-0.39, 0.29) is 4.90 Å². The van der Waals surface area contributed by atoms with Crippen LogP contribution in [0.25, 0.3) is 0 Å². The summed E-state index contributed by atoms with van der Waals surface area (Å²) in [7, 11) is -0.664. The van der Waals surface area contributed by atoms with Gasteiger partial charge in [0.15, 0.2) is 0 Å². The molecule has 0 aliphatic heterocycles. The number of anilines is 1. The van der Waals surface area contributed by atoms with Crippen molar-refractivity contribution >= 4 is 15.7 Å². The van der Waals surface area contributed by atoms with Gasteiger partial charge in [0, 0.05) is 6.07 Å². The fraction of sp³-hybridized carbons (Fsp3) is 0.267. The van der Waals surface area contributed by atoms with E-state index in [0.717, 1.165) is 0 Å². The highest BCUT2D eigenvalue weighted by Gasteiger charge is 2.20. The molecule has 2 rings (SSSR count). The van der Waals surface area contributed by atoms with Gasteiger partial charge in [0.25, 0.3) is 10.0 Å². The summed E-state index contributed by atoms with van der Waals surface area (Å²) in [5, 5.41) is 0. The lowest BCUT2D eigenvalue weighted by atomic mass is 10.1. The third kappa shape index (κ3) is 3.30. The van der Waals surface area contributed by atoms with Crippen molar-refractivity contribution in [3.05, 3.63) is 41.6 Å². The zero-order valence-electron chi connectivity index (χ0n) is 12.9. The number of nitrogens with one attached hydrogen (secondary N) is 1. The third-order valence-electron chi connectivity index (χ3n) is 3.14. The minimum Gasteiger partial charge on any atom is -0.497 e. The molecule has 0 aliphatic carbocycles. The van der Waals surface area contributed by atoms with E-state index < -0.39 is 10.0 Å². The Balaban J connectivity index is 2.38. The lowest BCUT2D eigenvalue weighted by Crippen LogP contribution is -2.16. The number of sulfonamides is 1. The van der Waals surface area contributed by atoms with E-state index in [1.165, 1.54) is 13.3 Å². The average Bonchev–Trinajstić information content (AvgIpc) is 2.46. The number of benzene rings is 1. The highest BCUT2D eigenvalue weighted by Crippen LogP contribution is 2.27.